The molecule has 1 aliphatic rings. The quantitative estimate of drug-likeness (QED) is 0.783. The second-order valence-corrected chi connectivity index (χ2v) is 6.55. The first-order chi connectivity index (χ1) is 12.1. The average molecular weight is 339 g/mol. The zero-order valence-corrected chi connectivity index (χ0v) is 14.9. The Morgan fingerprint density at radius 3 is 2.60 bits per heavy atom. The molecule has 0 aliphatic carbocycles. The molecule has 3 unspecified atom stereocenters. The van der Waals surface area contributed by atoms with E-state index in [4.69, 9.17) is 4.74 Å². The lowest BCUT2D eigenvalue weighted by atomic mass is 9.91. The highest BCUT2D eigenvalue weighted by molar-refractivity contribution is 5.78. The molecule has 0 saturated carbocycles. The maximum atomic E-state index is 12.3. The van der Waals surface area contributed by atoms with Crippen molar-refractivity contribution in [3.63, 3.8) is 0 Å². The van der Waals surface area contributed by atoms with E-state index < -0.39 is 0 Å². The van der Waals surface area contributed by atoms with Crippen molar-refractivity contribution in [3.05, 3.63) is 65.2 Å². The van der Waals surface area contributed by atoms with E-state index in [1.54, 1.807) is 0 Å². The molecule has 1 heterocycles. The molecule has 2 aromatic carbocycles. The minimum Gasteiger partial charge on any atom is -0.483 e. The highest BCUT2D eigenvalue weighted by Crippen LogP contribution is 2.26. The lowest BCUT2D eigenvalue weighted by Gasteiger charge is -2.22. The van der Waals surface area contributed by atoms with E-state index in [-0.39, 0.29) is 30.6 Å². The summed E-state index contributed by atoms with van der Waals surface area (Å²) in [5.74, 6) is 0.765. The van der Waals surface area contributed by atoms with Gasteiger partial charge in [-0.25, -0.2) is 5.43 Å². The molecule has 0 aromatic heterocycles. The first-order valence-electron chi connectivity index (χ1n) is 8.60. The maximum absolute atomic E-state index is 12.3. The third-order valence-corrected chi connectivity index (χ3v) is 4.78. The number of aryl methyl sites for hydroxylation is 1. The number of hydrogen-bond acceptors (Lipinski definition) is 4. The Labute approximate surface area is 148 Å². The van der Waals surface area contributed by atoms with E-state index in [2.05, 4.69) is 35.2 Å². The smallest absolute Gasteiger partial charge is 0.259 e. The van der Waals surface area contributed by atoms with Gasteiger partial charge in [-0.2, -0.15) is 0 Å². The molecule has 25 heavy (non-hydrogen) atoms. The fourth-order valence-electron chi connectivity index (χ4n) is 3.21. The van der Waals surface area contributed by atoms with Gasteiger partial charge < -0.3 is 10.1 Å². The fourth-order valence-corrected chi connectivity index (χ4v) is 3.21. The van der Waals surface area contributed by atoms with Crippen LogP contribution in [0, 0.1) is 13.8 Å². The third kappa shape index (κ3) is 4.00. The van der Waals surface area contributed by atoms with Gasteiger partial charge in [0.2, 0.25) is 0 Å². The molecule has 3 atom stereocenters. The number of carbonyl (C=O) groups excluding carboxylic acids is 1. The number of nitrogens with one attached hydrogen (secondary N) is 3. The molecule has 1 amide bonds. The Balaban J connectivity index is 1.61. The van der Waals surface area contributed by atoms with Crippen molar-refractivity contribution in [1.29, 1.82) is 0 Å². The summed E-state index contributed by atoms with van der Waals surface area (Å²) in [5, 5.41) is 3.02. The van der Waals surface area contributed by atoms with Gasteiger partial charge in [-0.3, -0.25) is 10.2 Å². The molecule has 0 bridgehead atoms. The molecule has 132 valence electrons. The van der Waals surface area contributed by atoms with Crippen molar-refractivity contribution >= 4 is 5.91 Å². The first kappa shape index (κ1) is 17.5. The van der Waals surface area contributed by atoms with Crippen molar-refractivity contribution in [3.8, 4) is 5.75 Å². The van der Waals surface area contributed by atoms with E-state index in [1.807, 2.05) is 50.2 Å². The second-order valence-electron chi connectivity index (χ2n) is 6.55. The van der Waals surface area contributed by atoms with Crippen molar-refractivity contribution in [2.24, 2.45) is 0 Å². The summed E-state index contributed by atoms with van der Waals surface area (Å²) < 4.78 is 5.70. The SMILES string of the molecule is Cc1cccc(OCC(=O)NC2NNC(C)C2c2ccccc2)c1C. The molecule has 1 aliphatic heterocycles. The molecule has 2 aromatic rings. The third-order valence-electron chi connectivity index (χ3n) is 4.78. The van der Waals surface area contributed by atoms with Gasteiger partial charge >= 0.3 is 0 Å². The van der Waals surface area contributed by atoms with Gasteiger partial charge in [0.25, 0.3) is 5.91 Å². The van der Waals surface area contributed by atoms with Crippen LogP contribution in [-0.2, 0) is 4.79 Å². The van der Waals surface area contributed by atoms with E-state index in [0.29, 0.717) is 0 Å². The summed E-state index contributed by atoms with van der Waals surface area (Å²) in [7, 11) is 0. The van der Waals surface area contributed by atoms with Gasteiger partial charge in [-0.1, -0.05) is 42.5 Å². The minimum atomic E-state index is -0.174. The van der Waals surface area contributed by atoms with Crippen molar-refractivity contribution in [1.82, 2.24) is 16.2 Å². The summed E-state index contributed by atoms with van der Waals surface area (Å²) in [5.41, 5.74) is 9.78. The van der Waals surface area contributed by atoms with Crippen molar-refractivity contribution in [2.45, 2.75) is 38.9 Å². The highest BCUT2D eigenvalue weighted by Gasteiger charge is 2.35. The molecule has 3 rings (SSSR count). The molecule has 0 radical (unpaired) electrons. The number of benzene rings is 2. The second kappa shape index (κ2) is 7.68. The number of ether oxygens (including phenoxy) is 1. The van der Waals surface area contributed by atoms with Crippen LogP contribution in [0.25, 0.3) is 0 Å². The van der Waals surface area contributed by atoms with Gasteiger partial charge in [0, 0.05) is 12.0 Å². The van der Waals surface area contributed by atoms with Gasteiger partial charge in [0.1, 0.15) is 11.9 Å². The predicted octanol–water partition coefficient (Wildman–Crippen LogP) is 2.40. The van der Waals surface area contributed by atoms with Crippen LogP contribution in [0.4, 0.5) is 0 Å². The fraction of sp³-hybridized carbons (Fsp3) is 0.350. The molecule has 1 fully saturated rings. The van der Waals surface area contributed by atoms with Crippen LogP contribution in [-0.4, -0.2) is 24.7 Å². The van der Waals surface area contributed by atoms with Crippen LogP contribution in [0.2, 0.25) is 0 Å². The highest BCUT2D eigenvalue weighted by atomic mass is 16.5. The standard InChI is InChI=1S/C20H25N3O2/c1-13-8-7-11-17(14(13)2)25-12-18(24)21-20-19(15(3)22-23-20)16-9-5-4-6-10-16/h4-11,15,19-20,22-23H,12H2,1-3H3,(H,21,24). The zero-order chi connectivity index (χ0) is 17.8. The largest absolute Gasteiger partial charge is 0.483 e. The minimum absolute atomic E-state index is 0.00162. The molecule has 0 spiro atoms. The Morgan fingerprint density at radius 2 is 1.84 bits per heavy atom. The van der Waals surface area contributed by atoms with Crippen LogP contribution in [0.5, 0.6) is 5.75 Å². The van der Waals surface area contributed by atoms with Crippen LogP contribution in [0.15, 0.2) is 48.5 Å². The molecular weight excluding hydrogens is 314 g/mol. The molecule has 1 saturated heterocycles. The Hall–Kier alpha value is -2.37. The summed E-state index contributed by atoms with van der Waals surface area (Å²) in [6.07, 6.45) is -0.174. The summed E-state index contributed by atoms with van der Waals surface area (Å²) in [6, 6.07) is 16.3. The maximum Gasteiger partial charge on any atom is 0.259 e. The Bertz CT molecular complexity index is 733. The monoisotopic (exact) mass is 339 g/mol. The van der Waals surface area contributed by atoms with Gasteiger partial charge in [0.15, 0.2) is 6.61 Å². The molecular formula is C20H25N3O2. The van der Waals surface area contributed by atoms with E-state index in [0.717, 1.165) is 16.9 Å². The summed E-state index contributed by atoms with van der Waals surface area (Å²) in [6.45, 7) is 6.13. The number of hydrogen-bond donors (Lipinski definition) is 3. The number of carbonyl (C=O) groups is 1. The average Bonchev–Trinajstić information content (AvgIpc) is 2.97. The zero-order valence-electron chi connectivity index (χ0n) is 14.9. The van der Waals surface area contributed by atoms with Crippen molar-refractivity contribution < 1.29 is 9.53 Å². The van der Waals surface area contributed by atoms with Crippen LogP contribution in [0.1, 0.15) is 29.5 Å². The number of rotatable bonds is 5. The molecule has 3 N–H and O–H groups in total. The number of hydrazine groups is 1. The lowest BCUT2D eigenvalue weighted by Crippen LogP contribution is -2.47. The normalized spacial score (nSPS) is 22.6. The topological polar surface area (TPSA) is 62.4 Å². The van der Waals surface area contributed by atoms with Gasteiger partial charge in [0.05, 0.1) is 0 Å². The van der Waals surface area contributed by atoms with Crippen LogP contribution in [0.3, 0.4) is 0 Å². The molecule has 5 nitrogen and oxygen atoms in total. The summed E-state index contributed by atoms with van der Waals surface area (Å²) in [4.78, 5) is 12.3. The molecule has 5 heteroatoms. The van der Waals surface area contributed by atoms with E-state index >= 15 is 0 Å². The summed E-state index contributed by atoms with van der Waals surface area (Å²) >= 11 is 0. The van der Waals surface area contributed by atoms with Crippen LogP contribution >= 0.6 is 0 Å². The Kier molecular flexibility index (Phi) is 5.36. The lowest BCUT2D eigenvalue weighted by molar-refractivity contribution is -0.124. The van der Waals surface area contributed by atoms with Crippen LogP contribution < -0.4 is 20.9 Å². The van der Waals surface area contributed by atoms with Gasteiger partial charge in [-0.15, -0.1) is 0 Å². The van der Waals surface area contributed by atoms with Gasteiger partial charge in [-0.05, 0) is 43.5 Å². The predicted molar refractivity (Wildman–Crippen MR) is 98.3 cm³/mol. The number of amides is 1. The Morgan fingerprint density at radius 1 is 1.08 bits per heavy atom. The van der Waals surface area contributed by atoms with E-state index in [1.165, 1.54) is 5.56 Å². The van der Waals surface area contributed by atoms with Crippen molar-refractivity contribution in [2.75, 3.05) is 6.61 Å². The van der Waals surface area contributed by atoms with E-state index in [9.17, 15) is 4.79 Å². The first-order valence-corrected chi connectivity index (χ1v) is 8.60.